The summed E-state index contributed by atoms with van der Waals surface area (Å²) in [5.41, 5.74) is 2.97. The molecule has 0 saturated heterocycles. The third kappa shape index (κ3) is 1.94. The van der Waals surface area contributed by atoms with E-state index in [9.17, 15) is 5.11 Å². The zero-order valence-corrected chi connectivity index (χ0v) is 9.64. The van der Waals surface area contributed by atoms with Crippen LogP contribution in [0.4, 0.5) is 0 Å². The first-order valence-electron chi connectivity index (χ1n) is 5.55. The van der Waals surface area contributed by atoms with Crippen LogP contribution in [-0.2, 0) is 6.42 Å². The molecule has 0 aliphatic heterocycles. The molecule has 0 unspecified atom stereocenters. The number of aromatic hydroxyl groups is 1. The van der Waals surface area contributed by atoms with Gasteiger partial charge in [-0.15, -0.1) is 0 Å². The van der Waals surface area contributed by atoms with E-state index < -0.39 is 0 Å². The average Bonchev–Trinajstić information content (AvgIpc) is 2.61. The number of aryl methyl sites for hydroxylation is 2. The Balaban J connectivity index is 2.41. The first kappa shape index (κ1) is 10.7. The molecule has 3 nitrogen and oxygen atoms in total. The highest BCUT2D eigenvalue weighted by Gasteiger charge is 2.09. The van der Waals surface area contributed by atoms with Crippen molar-refractivity contribution < 1.29 is 5.11 Å². The van der Waals surface area contributed by atoms with E-state index in [-0.39, 0.29) is 5.88 Å². The Hall–Kier alpha value is -1.77. The molecule has 0 spiro atoms. The normalized spacial score (nSPS) is 10.6. The van der Waals surface area contributed by atoms with Crippen LogP contribution in [-0.4, -0.2) is 14.9 Å². The predicted octanol–water partition coefficient (Wildman–Crippen LogP) is 2.84. The van der Waals surface area contributed by atoms with Crippen LogP contribution in [0.15, 0.2) is 30.5 Å². The maximum Gasteiger partial charge on any atom is 0.217 e. The van der Waals surface area contributed by atoms with Gasteiger partial charge in [-0.05, 0) is 31.0 Å². The number of hydrogen-bond acceptors (Lipinski definition) is 2. The highest BCUT2D eigenvalue weighted by molar-refractivity contribution is 5.39. The molecule has 0 aliphatic rings. The summed E-state index contributed by atoms with van der Waals surface area (Å²) in [4.78, 5) is 0. The second-order valence-electron chi connectivity index (χ2n) is 3.99. The summed E-state index contributed by atoms with van der Waals surface area (Å²) in [6.07, 6.45) is 3.60. The van der Waals surface area contributed by atoms with E-state index in [0.29, 0.717) is 0 Å². The van der Waals surface area contributed by atoms with E-state index in [1.807, 2.05) is 31.2 Å². The molecule has 0 bridgehead atoms. The standard InChI is InChI=1S/C13H16N2O/c1-3-5-11-9-14-15(13(11)16)12-7-4-6-10(2)8-12/h4,6-9,16H,3,5H2,1-2H3. The van der Waals surface area contributed by atoms with Crippen molar-refractivity contribution in [3.05, 3.63) is 41.6 Å². The van der Waals surface area contributed by atoms with Crippen molar-refractivity contribution in [1.29, 1.82) is 0 Å². The second kappa shape index (κ2) is 4.39. The molecule has 1 N–H and O–H groups in total. The van der Waals surface area contributed by atoms with Gasteiger partial charge < -0.3 is 5.11 Å². The topological polar surface area (TPSA) is 38.0 Å². The van der Waals surface area contributed by atoms with Crippen molar-refractivity contribution in [2.45, 2.75) is 26.7 Å². The Morgan fingerprint density at radius 3 is 2.88 bits per heavy atom. The molecule has 3 heteroatoms. The Labute approximate surface area is 95.3 Å². The van der Waals surface area contributed by atoms with Crippen LogP contribution >= 0.6 is 0 Å². The summed E-state index contributed by atoms with van der Waals surface area (Å²) in [5.74, 6) is 0.257. The van der Waals surface area contributed by atoms with Gasteiger partial charge in [-0.2, -0.15) is 5.10 Å². The van der Waals surface area contributed by atoms with Gasteiger partial charge in [-0.25, -0.2) is 4.68 Å². The average molecular weight is 216 g/mol. The summed E-state index contributed by atoms with van der Waals surface area (Å²) in [6, 6.07) is 7.93. The number of rotatable bonds is 3. The Kier molecular flexibility index (Phi) is 2.95. The summed E-state index contributed by atoms with van der Waals surface area (Å²) in [6.45, 7) is 4.11. The minimum atomic E-state index is 0.257. The molecule has 0 radical (unpaired) electrons. The van der Waals surface area contributed by atoms with Gasteiger partial charge in [0.25, 0.3) is 0 Å². The molecule has 0 atom stereocenters. The van der Waals surface area contributed by atoms with Crippen LogP contribution in [0.5, 0.6) is 5.88 Å². The lowest BCUT2D eigenvalue weighted by atomic mass is 10.2. The van der Waals surface area contributed by atoms with Crippen LogP contribution < -0.4 is 0 Å². The van der Waals surface area contributed by atoms with Crippen LogP contribution in [0.1, 0.15) is 24.5 Å². The summed E-state index contributed by atoms with van der Waals surface area (Å²) >= 11 is 0. The molecule has 0 aliphatic carbocycles. The van der Waals surface area contributed by atoms with Gasteiger partial charge in [-0.1, -0.05) is 25.5 Å². The molecule has 2 rings (SSSR count). The van der Waals surface area contributed by atoms with E-state index in [1.165, 1.54) is 0 Å². The molecule has 16 heavy (non-hydrogen) atoms. The van der Waals surface area contributed by atoms with Crippen LogP contribution in [0.2, 0.25) is 0 Å². The molecule has 1 aromatic carbocycles. The number of hydrogen-bond donors (Lipinski definition) is 1. The maximum absolute atomic E-state index is 10.0. The smallest absolute Gasteiger partial charge is 0.217 e. The fraction of sp³-hybridized carbons (Fsp3) is 0.308. The molecule has 0 amide bonds. The van der Waals surface area contributed by atoms with Gasteiger partial charge in [0.1, 0.15) is 0 Å². The van der Waals surface area contributed by atoms with Crippen molar-refractivity contribution in [2.24, 2.45) is 0 Å². The van der Waals surface area contributed by atoms with Crippen molar-refractivity contribution >= 4 is 0 Å². The molecule has 2 aromatic rings. The van der Waals surface area contributed by atoms with Crippen LogP contribution in [0, 0.1) is 6.92 Å². The van der Waals surface area contributed by atoms with Gasteiger partial charge >= 0.3 is 0 Å². The number of benzene rings is 1. The van der Waals surface area contributed by atoms with Crippen molar-refractivity contribution in [2.75, 3.05) is 0 Å². The minimum Gasteiger partial charge on any atom is -0.493 e. The third-order valence-electron chi connectivity index (χ3n) is 2.58. The van der Waals surface area contributed by atoms with Gasteiger partial charge in [0, 0.05) is 5.56 Å². The predicted molar refractivity (Wildman–Crippen MR) is 64.0 cm³/mol. The van der Waals surface area contributed by atoms with Gasteiger partial charge in [0.05, 0.1) is 11.9 Å². The first-order valence-corrected chi connectivity index (χ1v) is 5.55. The molecule has 1 aromatic heterocycles. The van der Waals surface area contributed by atoms with Crippen molar-refractivity contribution in [1.82, 2.24) is 9.78 Å². The monoisotopic (exact) mass is 216 g/mol. The van der Waals surface area contributed by atoms with E-state index in [2.05, 4.69) is 12.0 Å². The minimum absolute atomic E-state index is 0.257. The van der Waals surface area contributed by atoms with Gasteiger partial charge in [0.15, 0.2) is 0 Å². The lowest BCUT2D eigenvalue weighted by molar-refractivity contribution is 0.427. The highest BCUT2D eigenvalue weighted by Crippen LogP contribution is 2.22. The quantitative estimate of drug-likeness (QED) is 0.856. The van der Waals surface area contributed by atoms with E-state index in [4.69, 9.17) is 0 Å². The zero-order valence-electron chi connectivity index (χ0n) is 9.64. The summed E-state index contributed by atoms with van der Waals surface area (Å²) in [5, 5.41) is 14.2. The molecule has 84 valence electrons. The first-order chi connectivity index (χ1) is 7.72. The summed E-state index contributed by atoms with van der Waals surface area (Å²) < 4.78 is 1.58. The molecule has 0 fully saturated rings. The fourth-order valence-electron chi connectivity index (χ4n) is 1.77. The highest BCUT2D eigenvalue weighted by atomic mass is 16.3. The second-order valence-corrected chi connectivity index (χ2v) is 3.99. The van der Waals surface area contributed by atoms with Gasteiger partial charge in [-0.3, -0.25) is 0 Å². The molecule has 0 saturated carbocycles. The van der Waals surface area contributed by atoms with Crippen molar-refractivity contribution in [3.8, 4) is 11.6 Å². The molecular formula is C13H16N2O. The number of aromatic nitrogens is 2. The van der Waals surface area contributed by atoms with E-state index in [0.717, 1.165) is 29.7 Å². The summed E-state index contributed by atoms with van der Waals surface area (Å²) in [7, 11) is 0. The largest absolute Gasteiger partial charge is 0.493 e. The zero-order chi connectivity index (χ0) is 11.5. The van der Waals surface area contributed by atoms with Crippen molar-refractivity contribution in [3.63, 3.8) is 0 Å². The third-order valence-corrected chi connectivity index (χ3v) is 2.58. The van der Waals surface area contributed by atoms with Crippen LogP contribution in [0.25, 0.3) is 5.69 Å². The lowest BCUT2D eigenvalue weighted by Gasteiger charge is -2.04. The lowest BCUT2D eigenvalue weighted by Crippen LogP contribution is -1.95. The SMILES string of the molecule is CCCc1cnn(-c2cccc(C)c2)c1O. The Morgan fingerprint density at radius 1 is 1.38 bits per heavy atom. The van der Waals surface area contributed by atoms with Crippen LogP contribution in [0.3, 0.4) is 0 Å². The molecule has 1 heterocycles. The Bertz CT molecular complexity index is 488. The number of nitrogens with zero attached hydrogens (tertiary/aromatic N) is 2. The van der Waals surface area contributed by atoms with E-state index in [1.54, 1.807) is 10.9 Å². The molecular weight excluding hydrogens is 200 g/mol. The van der Waals surface area contributed by atoms with Gasteiger partial charge in [0.2, 0.25) is 5.88 Å². The maximum atomic E-state index is 10.0. The Morgan fingerprint density at radius 2 is 2.19 bits per heavy atom. The van der Waals surface area contributed by atoms with E-state index >= 15 is 0 Å². The fourth-order valence-corrected chi connectivity index (χ4v) is 1.77.